The molecule has 39 heavy (non-hydrogen) atoms. The lowest BCUT2D eigenvalue weighted by atomic mass is 10.0. The Morgan fingerprint density at radius 3 is 2.38 bits per heavy atom. The van der Waals surface area contributed by atoms with E-state index in [0.717, 1.165) is 0 Å². The SMILES string of the molecule is CNCCn1cccc(-c2ccc(C(=O)Nc3c(O)cc(Cl)cc3C(=O)Nc3ccc(Cl)cn3)cc2)c1=O.Cl. The highest BCUT2D eigenvalue weighted by Crippen LogP contribution is 2.32. The lowest BCUT2D eigenvalue weighted by Crippen LogP contribution is -2.25. The van der Waals surface area contributed by atoms with Crippen molar-refractivity contribution < 1.29 is 14.7 Å². The van der Waals surface area contributed by atoms with Gasteiger partial charge >= 0.3 is 0 Å². The number of anilines is 2. The van der Waals surface area contributed by atoms with Crippen molar-refractivity contribution in [1.82, 2.24) is 14.9 Å². The van der Waals surface area contributed by atoms with Gasteiger partial charge in [0, 0.05) is 47.7 Å². The second-order valence-electron chi connectivity index (χ2n) is 8.22. The van der Waals surface area contributed by atoms with Crippen LogP contribution in [-0.2, 0) is 6.54 Å². The maximum absolute atomic E-state index is 13.0. The quantitative estimate of drug-likeness (QED) is 0.213. The molecular formula is C27H24Cl3N5O4. The first-order valence-electron chi connectivity index (χ1n) is 11.5. The van der Waals surface area contributed by atoms with E-state index >= 15 is 0 Å². The van der Waals surface area contributed by atoms with E-state index in [9.17, 15) is 19.5 Å². The number of halogens is 3. The second kappa shape index (κ2) is 13.3. The average molecular weight is 589 g/mol. The minimum atomic E-state index is -0.651. The summed E-state index contributed by atoms with van der Waals surface area (Å²) >= 11 is 11.9. The summed E-state index contributed by atoms with van der Waals surface area (Å²) in [6.45, 7) is 1.18. The molecule has 4 aromatic rings. The molecule has 0 unspecified atom stereocenters. The normalized spacial score (nSPS) is 10.4. The molecule has 0 bridgehead atoms. The van der Waals surface area contributed by atoms with Gasteiger partial charge in [0.1, 0.15) is 11.6 Å². The van der Waals surface area contributed by atoms with Crippen LogP contribution in [0.2, 0.25) is 10.0 Å². The molecule has 0 radical (unpaired) electrons. The average Bonchev–Trinajstić information content (AvgIpc) is 2.90. The Kier molecular flexibility index (Phi) is 10.1. The summed E-state index contributed by atoms with van der Waals surface area (Å²) in [6, 6.07) is 15.5. The summed E-state index contributed by atoms with van der Waals surface area (Å²) in [7, 11) is 1.81. The number of nitrogens with one attached hydrogen (secondary N) is 3. The van der Waals surface area contributed by atoms with E-state index < -0.39 is 11.8 Å². The van der Waals surface area contributed by atoms with Gasteiger partial charge in [-0.2, -0.15) is 0 Å². The third-order valence-corrected chi connectivity index (χ3v) is 6.06. The van der Waals surface area contributed by atoms with Crippen LogP contribution in [0.4, 0.5) is 11.5 Å². The molecule has 0 saturated carbocycles. The van der Waals surface area contributed by atoms with E-state index in [-0.39, 0.29) is 51.4 Å². The number of phenolic OH excluding ortho intramolecular Hbond substituents is 1. The Morgan fingerprint density at radius 1 is 0.974 bits per heavy atom. The minimum Gasteiger partial charge on any atom is -0.506 e. The molecule has 202 valence electrons. The predicted molar refractivity (Wildman–Crippen MR) is 156 cm³/mol. The topological polar surface area (TPSA) is 125 Å². The Hall–Kier alpha value is -3.89. The Labute approximate surface area is 240 Å². The number of nitrogens with zero attached hydrogens (tertiary/aromatic N) is 2. The first-order valence-corrected chi connectivity index (χ1v) is 12.2. The third kappa shape index (κ3) is 7.15. The fourth-order valence-corrected chi connectivity index (χ4v) is 4.01. The zero-order valence-electron chi connectivity index (χ0n) is 20.6. The molecule has 0 aliphatic heterocycles. The molecule has 9 nitrogen and oxygen atoms in total. The molecule has 2 aromatic heterocycles. The van der Waals surface area contributed by atoms with Crippen LogP contribution in [0.1, 0.15) is 20.7 Å². The molecule has 0 fully saturated rings. The van der Waals surface area contributed by atoms with Gasteiger partial charge in [-0.3, -0.25) is 14.4 Å². The number of benzene rings is 2. The maximum Gasteiger partial charge on any atom is 0.259 e. The van der Waals surface area contributed by atoms with Gasteiger partial charge in [-0.15, -0.1) is 12.4 Å². The van der Waals surface area contributed by atoms with E-state index in [4.69, 9.17) is 23.2 Å². The van der Waals surface area contributed by atoms with E-state index in [0.29, 0.717) is 29.2 Å². The van der Waals surface area contributed by atoms with Gasteiger partial charge in [-0.05, 0) is 55.1 Å². The van der Waals surface area contributed by atoms with Gasteiger partial charge in [-0.1, -0.05) is 35.3 Å². The van der Waals surface area contributed by atoms with Crippen molar-refractivity contribution in [3.8, 4) is 16.9 Å². The van der Waals surface area contributed by atoms with E-state index in [1.54, 1.807) is 53.2 Å². The van der Waals surface area contributed by atoms with Gasteiger partial charge in [0.15, 0.2) is 0 Å². The lowest BCUT2D eigenvalue weighted by Gasteiger charge is -2.14. The highest BCUT2D eigenvalue weighted by molar-refractivity contribution is 6.32. The summed E-state index contributed by atoms with van der Waals surface area (Å²) in [5.74, 6) is -1.39. The van der Waals surface area contributed by atoms with Crippen LogP contribution in [0.3, 0.4) is 0 Å². The van der Waals surface area contributed by atoms with Crippen molar-refractivity contribution in [2.75, 3.05) is 24.2 Å². The zero-order chi connectivity index (χ0) is 27.2. The van der Waals surface area contributed by atoms with Gasteiger partial charge in [-0.25, -0.2) is 4.98 Å². The molecule has 0 saturated heterocycles. The van der Waals surface area contributed by atoms with Crippen LogP contribution in [0.15, 0.2) is 77.9 Å². The van der Waals surface area contributed by atoms with Crippen molar-refractivity contribution in [1.29, 1.82) is 0 Å². The van der Waals surface area contributed by atoms with Gasteiger partial charge in [0.25, 0.3) is 17.4 Å². The fraction of sp³-hybridized carbons (Fsp3) is 0.111. The maximum atomic E-state index is 13.0. The highest BCUT2D eigenvalue weighted by Gasteiger charge is 2.20. The van der Waals surface area contributed by atoms with Crippen LogP contribution >= 0.6 is 35.6 Å². The number of aromatic nitrogens is 2. The molecule has 0 aliphatic carbocycles. The number of hydrogen-bond acceptors (Lipinski definition) is 6. The molecular weight excluding hydrogens is 565 g/mol. The smallest absolute Gasteiger partial charge is 0.259 e. The molecule has 2 heterocycles. The third-order valence-electron chi connectivity index (χ3n) is 5.62. The van der Waals surface area contributed by atoms with Crippen molar-refractivity contribution in [2.24, 2.45) is 0 Å². The van der Waals surface area contributed by atoms with E-state index in [2.05, 4.69) is 20.9 Å². The number of carbonyl (C=O) groups excluding carboxylic acids is 2. The van der Waals surface area contributed by atoms with Gasteiger partial charge in [0.2, 0.25) is 0 Å². The fourth-order valence-electron chi connectivity index (χ4n) is 3.69. The molecule has 4 rings (SSSR count). The number of amides is 2. The summed E-state index contributed by atoms with van der Waals surface area (Å²) in [5, 5.41) is 19.1. The van der Waals surface area contributed by atoms with E-state index in [1.165, 1.54) is 24.4 Å². The summed E-state index contributed by atoms with van der Waals surface area (Å²) in [5.41, 5.74) is 1.07. The van der Waals surface area contributed by atoms with Crippen LogP contribution < -0.4 is 21.5 Å². The van der Waals surface area contributed by atoms with Crippen LogP contribution in [0.5, 0.6) is 5.75 Å². The molecule has 2 amide bonds. The summed E-state index contributed by atoms with van der Waals surface area (Å²) in [6.07, 6.45) is 3.09. The van der Waals surface area contributed by atoms with E-state index in [1.807, 2.05) is 7.05 Å². The molecule has 0 atom stereocenters. The number of rotatable bonds is 8. The molecule has 4 N–H and O–H groups in total. The standard InChI is InChI=1S/C27H23Cl2N5O4.ClH/c1-30-10-12-34-11-2-3-20(27(34)38)16-4-6-17(7-5-16)25(36)33-24-21(13-19(29)14-22(24)35)26(37)32-23-9-8-18(28)15-31-23;/h2-9,11,13-15,30,35H,10,12H2,1H3,(H,33,36)(H,31,32,37);1H. The summed E-state index contributed by atoms with van der Waals surface area (Å²) in [4.78, 5) is 42.8. The number of carbonyl (C=O) groups is 2. The van der Waals surface area contributed by atoms with Crippen molar-refractivity contribution >= 4 is 58.9 Å². The first kappa shape index (κ1) is 29.7. The van der Waals surface area contributed by atoms with Crippen molar-refractivity contribution in [3.05, 3.63) is 105 Å². The predicted octanol–water partition coefficient (Wildman–Crippen LogP) is 5.07. The Morgan fingerprint density at radius 2 is 1.72 bits per heavy atom. The first-order chi connectivity index (χ1) is 18.3. The van der Waals surface area contributed by atoms with Crippen molar-refractivity contribution in [2.45, 2.75) is 6.54 Å². The Balaban J connectivity index is 0.00000420. The van der Waals surface area contributed by atoms with Crippen molar-refractivity contribution in [3.63, 3.8) is 0 Å². The minimum absolute atomic E-state index is 0. The largest absolute Gasteiger partial charge is 0.506 e. The number of phenols is 1. The number of likely N-dealkylation sites (N-methyl/N-ethyl adjacent to an activating group) is 1. The number of hydrogen-bond donors (Lipinski definition) is 4. The number of pyridine rings is 2. The highest BCUT2D eigenvalue weighted by atomic mass is 35.5. The monoisotopic (exact) mass is 587 g/mol. The zero-order valence-corrected chi connectivity index (χ0v) is 22.9. The molecule has 0 aliphatic rings. The number of aromatic hydroxyl groups is 1. The van der Waals surface area contributed by atoms with Crippen LogP contribution in [0.25, 0.3) is 11.1 Å². The lowest BCUT2D eigenvalue weighted by molar-refractivity contribution is 0.102. The summed E-state index contributed by atoms with van der Waals surface area (Å²) < 4.78 is 1.61. The Bertz CT molecular complexity index is 1540. The second-order valence-corrected chi connectivity index (χ2v) is 9.09. The van der Waals surface area contributed by atoms with Crippen LogP contribution in [-0.4, -0.2) is 40.1 Å². The molecule has 12 heteroatoms. The molecule has 2 aromatic carbocycles. The van der Waals surface area contributed by atoms with Crippen LogP contribution in [0, 0.1) is 0 Å². The van der Waals surface area contributed by atoms with Gasteiger partial charge < -0.3 is 25.6 Å². The van der Waals surface area contributed by atoms with Gasteiger partial charge in [0.05, 0.1) is 16.3 Å². The molecule has 0 spiro atoms.